The summed E-state index contributed by atoms with van der Waals surface area (Å²) < 4.78 is 14.2. The van der Waals surface area contributed by atoms with Crippen molar-refractivity contribution in [3.05, 3.63) is 33.9 Å². The summed E-state index contributed by atoms with van der Waals surface area (Å²) in [5.74, 6) is -2.22. The molecular formula is C13H13FN4O4. The lowest BCUT2D eigenvalue weighted by Gasteiger charge is -2.17. The van der Waals surface area contributed by atoms with Crippen molar-refractivity contribution < 1.29 is 19.4 Å². The number of aromatic amines is 1. The van der Waals surface area contributed by atoms with E-state index in [1.165, 1.54) is 4.90 Å². The van der Waals surface area contributed by atoms with Crippen LogP contribution in [-0.2, 0) is 0 Å². The Kier molecular flexibility index (Phi) is 3.30. The van der Waals surface area contributed by atoms with Gasteiger partial charge in [-0.25, -0.2) is 14.2 Å². The Hall–Kier alpha value is -2.52. The predicted molar refractivity (Wildman–Crippen MR) is 75.5 cm³/mol. The van der Waals surface area contributed by atoms with E-state index in [9.17, 15) is 19.1 Å². The minimum atomic E-state index is -1.40. The molecule has 0 radical (unpaired) electrons. The molecule has 0 aromatic carbocycles. The Morgan fingerprint density at radius 2 is 2.23 bits per heavy atom. The van der Waals surface area contributed by atoms with E-state index >= 15 is 0 Å². The Labute approximate surface area is 123 Å². The summed E-state index contributed by atoms with van der Waals surface area (Å²) in [6.45, 7) is 0.363. The molecular weight excluding hydrogens is 295 g/mol. The topological polar surface area (TPSA) is 133 Å². The normalized spacial score (nSPS) is 21.5. The van der Waals surface area contributed by atoms with Gasteiger partial charge in [0.05, 0.1) is 11.5 Å². The first-order valence-electron chi connectivity index (χ1n) is 6.52. The van der Waals surface area contributed by atoms with Crippen LogP contribution in [0.2, 0.25) is 0 Å². The minimum absolute atomic E-state index is 0.0433. The number of anilines is 1. The van der Waals surface area contributed by atoms with Gasteiger partial charge in [0.1, 0.15) is 11.2 Å². The van der Waals surface area contributed by atoms with Crippen molar-refractivity contribution in [1.29, 1.82) is 0 Å². The third-order valence-corrected chi connectivity index (χ3v) is 3.66. The number of nitrogens with zero attached hydrogens (tertiary/aromatic N) is 2. The maximum absolute atomic E-state index is 14.2. The summed E-state index contributed by atoms with van der Waals surface area (Å²) in [5, 5.41) is 18.4. The number of β-amino-alcohol motifs (C(OH)–C–C–N with tert-alkyl or cyclic N) is 1. The lowest BCUT2D eigenvalue weighted by molar-refractivity contribution is 0.0695. The zero-order valence-corrected chi connectivity index (χ0v) is 11.3. The molecule has 1 fully saturated rings. The summed E-state index contributed by atoms with van der Waals surface area (Å²) in [5.41, 5.74) is 4.46. The zero-order chi connectivity index (χ0) is 16.0. The highest BCUT2D eigenvalue weighted by atomic mass is 19.1. The van der Waals surface area contributed by atoms with Gasteiger partial charge in [-0.05, 0) is 6.07 Å². The highest BCUT2D eigenvalue weighted by molar-refractivity contribution is 5.91. The predicted octanol–water partition coefficient (Wildman–Crippen LogP) is -0.731. The van der Waals surface area contributed by atoms with Crippen LogP contribution >= 0.6 is 0 Å². The van der Waals surface area contributed by atoms with E-state index in [4.69, 9.17) is 10.8 Å². The number of carboxylic acid groups (broad SMARTS) is 1. The largest absolute Gasteiger partial charge is 0.477 e. The van der Waals surface area contributed by atoms with E-state index in [0.717, 1.165) is 12.3 Å². The number of halogens is 1. The fraction of sp³-hybridized carbons (Fsp3) is 0.308. The minimum Gasteiger partial charge on any atom is -0.477 e. The fourth-order valence-corrected chi connectivity index (χ4v) is 2.48. The molecule has 1 saturated heterocycles. The van der Waals surface area contributed by atoms with Gasteiger partial charge in [-0.3, -0.25) is 4.79 Å². The Bertz CT molecular complexity index is 812. The standard InChI is InChI=1S/C13H13FN4O4/c14-7-1-5-10(20)6(13(21)22)2-16-11(5)17-12(7)18-3-8(15)9(19)4-18/h1-2,8-9,19H,3-4,15H2,(H,21,22)(H,16,17,20)/t8-,9-/m1/s1. The molecule has 2 aromatic rings. The number of rotatable bonds is 2. The molecule has 9 heteroatoms. The van der Waals surface area contributed by atoms with Gasteiger partial charge in [-0.2, -0.15) is 0 Å². The zero-order valence-electron chi connectivity index (χ0n) is 11.3. The van der Waals surface area contributed by atoms with Crippen LogP contribution in [0.3, 0.4) is 0 Å². The number of nitrogens with two attached hydrogens (primary N) is 1. The number of H-pyrrole nitrogens is 1. The quantitative estimate of drug-likeness (QED) is 0.575. The van der Waals surface area contributed by atoms with Crippen LogP contribution in [-0.4, -0.2) is 51.4 Å². The van der Waals surface area contributed by atoms with Gasteiger partial charge in [0.15, 0.2) is 11.6 Å². The second-order valence-corrected chi connectivity index (χ2v) is 5.16. The Balaban J connectivity index is 2.12. The monoisotopic (exact) mass is 308 g/mol. The summed E-state index contributed by atoms with van der Waals surface area (Å²) >= 11 is 0. The summed E-state index contributed by atoms with van der Waals surface area (Å²) in [4.78, 5) is 31.0. The van der Waals surface area contributed by atoms with Crippen molar-refractivity contribution in [3.63, 3.8) is 0 Å². The highest BCUT2D eigenvalue weighted by Crippen LogP contribution is 2.23. The second-order valence-electron chi connectivity index (χ2n) is 5.16. The van der Waals surface area contributed by atoms with Crippen molar-refractivity contribution in [2.45, 2.75) is 12.1 Å². The first-order chi connectivity index (χ1) is 10.4. The number of fused-ring (bicyclic) bond motifs is 1. The number of carbonyl (C=O) groups is 1. The van der Waals surface area contributed by atoms with E-state index in [2.05, 4.69) is 9.97 Å². The molecule has 0 unspecified atom stereocenters. The number of hydrogen-bond donors (Lipinski definition) is 4. The first kappa shape index (κ1) is 14.4. The van der Waals surface area contributed by atoms with Gasteiger partial charge in [-0.1, -0.05) is 0 Å². The van der Waals surface area contributed by atoms with Gasteiger partial charge in [0, 0.05) is 25.3 Å². The molecule has 2 atom stereocenters. The molecule has 3 rings (SSSR count). The smallest absolute Gasteiger partial charge is 0.341 e. The lowest BCUT2D eigenvalue weighted by atomic mass is 10.2. The molecule has 1 aliphatic heterocycles. The van der Waals surface area contributed by atoms with Gasteiger partial charge < -0.3 is 25.8 Å². The van der Waals surface area contributed by atoms with Crippen molar-refractivity contribution in [2.75, 3.05) is 18.0 Å². The maximum Gasteiger partial charge on any atom is 0.341 e. The average molecular weight is 308 g/mol. The van der Waals surface area contributed by atoms with E-state index in [-0.39, 0.29) is 29.9 Å². The molecule has 0 spiro atoms. The number of aromatic carboxylic acids is 1. The number of aliphatic hydroxyl groups is 1. The van der Waals surface area contributed by atoms with Crippen LogP contribution in [0.25, 0.3) is 11.0 Å². The van der Waals surface area contributed by atoms with Gasteiger partial charge in [-0.15, -0.1) is 0 Å². The first-order valence-corrected chi connectivity index (χ1v) is 6.52. The molecule has 3 heterocycles. The lowest BCUT2D eigenvalue weighted by Crippen LogP contribution is -2.32. The van der Waals surface area contributed by atoms with Crippen LogP contribution in [0, 0.1) is 5.82 Å². The molecule has 0 saturated carbocycles. The molecule has 0 amide bonds. The van der Waals surface area contributed by atoms with Crippen molar-refractivity contribution >= 4 is 22.8 Å². The van der Waals surface area contributed by atoms with Gasteiger partial charge in [0.25, 0.3) is 0 Å². The molecule has 5 N–H and O–H groups in total. The Morgan fingerprint density at radius 1 is 1.50 bits per heavy atom. The third kappa shape index (κ3) is 2.20. The van der Waals surface area contributed by atoms with Crippen molar-refractivity contribution in [2.24, 2.45) is 5.73 Å². The number of pyridine rings is 2. The highest BCUT2D eigenvalue weighted by Gasteiger charge is 2.31. The molecule has 0 aliphatic carbocycles. The van der Waals surface area contributed by atoms with Crippen molar-refractivity contribution in [1.82, 2.24) is 9.97 Å². The van der Waals surface area contributed by atoms with E-state index in [1.54, 1.807) is 0 Å². The molecule has 22 heavy (non-hydrogen) atoms. The number of aromatic nitrogens is 2. The SMILES string of the molecule is N[C@@H]1CN(c2nc3[nH]cc(C(=O)O)c(=O)c3cc2F)C[C@H]1O. The van der Waals surface area contributed by atoms with E-state index in [0.29, 0.717) is 0 Å². The number of aliphatic hydroxyl groups excluding tert-OH is 1. The number of nitrogens with one attached hydrogen (secondary N) is 1. The van der Waals surface area contributed by atoms with Gasteiger partial charge in [0.2, 0.25) is 5.43 Å². The Morgan fingerprint density at radius 3 is 2.82 bits per heavy atom. The summed E-state index contributed by atoms with van der Waals surface area (Å²) in [6.07, 6.45) is 0.233. The second kappa shape index (κ2) is 5.04. The number of hydrogen-bond acceptors (Lipinski definition) is 6. The van der Waals surface area contributed by atoms with Crippen LogP contribution in [0.15, 0.2) is 17.1 Å². The van der Waals surface area contributed by atoms with Crippen LogP contribution in [0.5, 0.6) is 0 Å². The van der Waals surface area contributed by atoms with E-state index < -0.39 is 34.9 Å². The van der Waals surface area contributed by atoms with Crippen LogP contribution in [0.4, 0.5) is 10.2 Å². The van der Waals surface area contributed by atoms with Crippen LogP contribution in [0.1, 0.15) is 10.4 Å². The molecule has 2 aromatic heterocycles. The van der Waals surface area contributed by atoms with Gasteiger partial charge >= 0.3 is 5.97 Å². The average Bonchev–Trinajstić information content (AvgIpc) is 2.78. The molecule has 0 bridgehead atoms. The number of carboxylic acids is 1. The van der Waals surface area contributed by atoms with Crippen LogP contribution < -0.4 is 16.1 Å². The maximum atomic E-state index is 14.2. The molecule has 8 nitrogen and oxygen atoms in total. The summed E-state index contributed by atoms with van der Waals surface area (Å²) in [6, 6.07) is 0.435. The molecule has 116 valence electrons. The fourth-order valence-electron chi connectivity index (χ4n) is 2.48. The third-order valence-electron chi connectivity index (χ3n) is 3.66. The van der Waals surface area contributed by atoms with E-state index in [1.807, 2.05) is 0 Å². The van der Waals surface area contributed by atoms with Crippen molar-refractivity contribution in [3.8, 4) is 0 Å². The molecule has 1 aliphatic rings. The summed E-state index contributed by atoms with van der Waals surface area (Å²) in [7, 11) is 0.